The molecular formula is C5H9O2Si. The van der Waals surface area contributed by atoms with Crippen LogP contribution >= 0.6 is 0 Å². The average molecular weight is 129 g/mol. The van der Waals surface area contributed by atoms with E-state index in [4.69, 9.17) is 4.43 Å². The molecule has 3 heteroatoms. The van der Waals surface area contributed by atoms with Gasteiger partial charge in [-0.05, 0) is 13.8 Å². The van der Waals surface area contributed by atoms with Crippen molar-refractivity contribution < 1.29 is 9.22 Å². The van der Waals surface area contributed by atoms with Crippen molar-refractivity contribution in [3.63, 3.8) is 0 Å². The van der Waals surface area contributed by atoms with Gasteiger partial charge in [0.25, 0.3) is 0 Å². The average Bonchev–Trinajstić information content (AvgIpc) is 1.67. The maximum Gasteiger partial charge on any atom is 0.246 e. The van der Waals surface area contributed by atoms with Gasteiger partial charge >= 0.3 is 0 Å². The van der Waals surface area contributed by atoms with Crippen LogP contribution in [0.3, 0.4) is 0 Å². The minimum absolute atomic E-state index is 0.362. The van der Waals surface area contributed by atoms with Gasteiger partial charge in [-0.3, -0.25) is 0 Å². The number of carbonyl (C=O) groups excluding carboxylic acids is 1. The van der Waals surface area contributed by atoms with Crippen LogP contribution in [0.1, 0.15) is 20.3 Å². The standard InChI is InChI=1S/C5H9O2Si/c1-5(2,7-8)3-4-6/h4H,3H2,1-2H3. The summed E-state index contributed by atoms with van der Waals surface area (Å²) < 4.78 is 4.75. The fraction of sp³-hybridized carbons (Fsp3) is 0.800. The first-order valence-corrected chi connectivity index (χ1v) is 2.81. The van der Waals surface area contributed by atoms with E-state index in [9.17, 15) is 4.79 Å². The van der Waals surface area contributed by atoms with Crippen molar-refractivity contribution in [2.75, 3.05) is 0 Å². The first-order chi connectivity index (χ1) is 3.62. The summed E-state index contributed by atoms with van der Waals surface area (Å²) >= 11 is 0. The quantitative estimate of drug-likeness (QED) is 0.408. The highest BCUT2D eigenvalue weighted by Crippen LogP contribution is 2.08. The van der Waals surface area contributed by atoms with Crippen LogP contribution in [0.15, 0.2) is 0 Å². The van der Waals surface area contributed by atoms with Gasteiger partial charge in [-0.15, -0.1) is 0 Å². The van der Waals surface area contributed by atoms with Gasteiger partial charge in [-0.2, -0.15) is 0 Å². The van der Waals surface area contributed by atoms with Crippen molar-refractivity contribution in [1.29, 1.82) is 0 Å². The second-order valence-electron chi connectivity index (χ2n) is 2.23. The summed E-state index contributed by atoms with van der Waals surface area (Å²) in [7, 11) is 2.86. The van der Waals surface area contributed by atoms with Crippen LogP contribution in [0, 0.1) is 0 Å². The van der Waals surface area contributed by atoms with E-state index < -0.39 is 0 Å². The molecule has 0 bridgehead atoms. The van der Waals surface area contributed by atoms with Crippen molar-refractivity contribution in [1.82, 2.24) is 0 Å². The summed E-state index contributed by atoms with van der Waals surface area (Å²) in [6.07, 6.45) is 1.25. The number of carbonyl (C=O) groups is 1. The van der Waals surface area contributed by atoms with E-state index in [1.54, 1.807) is 0 Å². The smallest absolute Gasteiger partial charge is 0.246 e. The van der Waals surface area contributed by atoms with Gasteiger partial charge in [0.1, 0.15) is 6.29 Å². The Balaban J connectivity index is 3.53. The van der Waals surface area contributed by atoms with Gasteiger partial charge in [-0.25, -0.2) is 0 Å². The summed E-state index contributed by atoms with van der Waals surface area (Å²) in [5.74, 6) is 0. The molecule has 0 rings (SSSR count). The summed E-state index contributed by atoms with van der Waals surface area (Å²) in [6.45, 7) is 3.66. The van der Waals surface area contributed by atoms with Crippen LogP contribution in [-0.2, 0) is 9.22 Å². The molecule has 0 saturated carbocycles. The molecule has 0 atom stereocenters. The lowest BCUT2D eigenvalue weighted by atomic mass is 10.1. The van der Waals surface area contributed by atoms with E-state index in [-0.39, 0.29) is 5.60 Å². The number of hydrogen-bond donors (Lipinski definition) is 0. The molecule has 2 nitrogen and oxygen atoms in total. The fourth-order valence-corrected chi connectivity index (χ4v) is 0.326. The SMILES string of the molecule is CC(C)(CC=O)O[Si]. The van der Waals surface area contributed by atoms with Crippen LogP contribution in [0.5, 0.6) is 0 Å². The third kappa shape index (κ3) is 2.93. The largest absolute Gasteiger partial charge is 0.413 e. The fourth-order valence-electron chi connectivity index (χ4n) is 0.242. The predicted molar refractivity (Wildman–Crippen MR) is 31.6 cm³/mol. The monoisotopic (exact) mass is 129 g/mol. The van der Waals surface area contributed by atoms with Crippen molar-refractivity contribution in [2.24, 2.45) is 0 Å². The Morgan fingerprint density at radius 1 is 1.75 bits per heavy atom. The van der Waals surface area contributed by atoms with Crippen LogP contribution in [-0.4, -0.2) is 22.4 Å². The topological polar surface area (TPSA) is 26.3 Å². The molecule has 0 fully saturated rings. The Labute approximate surface area is 52.8 Å². The molecule has 0 heterocycles. The molecule has 0 aliphatic heterocycles. The van der Waals surface area contributed by atoms with Crippen LogP contribution < -0.4 is 0 Å². The van der Waals surface area contributed by atoms with Gasteiger partial charge in [0.2, 0.25) is 10.5 Å². The first-order valence-electron chi connectivity index (χ1n) is 2.41. The Kier molecular flexibility index (Phi) is 2.93. The van der Waals surface area contributed by atoms with Gasteiger partial charge in [0, 0.05) is 6.42 Å². The van der Waals surface area contributed by atoms with E-state index in [2.05, 4.69) is 10.5 Å². The number of aldehydes is 1. The van der Waals surface area contributed by atoms with Crippen LogP contribution in [0.25, 0.3) is 0 Å². The molecule has 0 aliphatic carbocycles. The molecule has 0 saturated heterocycles. The third-order valence-corrected chi connectivity index (χ3v) is 1.40. The van der Waals surface area contributed by atoms with E-state index in [1.807, 2.05) is 13.8 Å². The van der Waals surface area contributed by atoms with Crippen LogP contribution in [0.4, 0.5) is 0 Å². The zero-order chi connectivity index (χ0) is 6.62. The summed E-state index contributed by atoms with van der Waals surface area (Å²) in [6, 6.07) is 0. The molecule has 0 N–H and O–H groups in total. The van der Waals surface area contributed by atoms with Gasteiger partial charge in [-0.1, -0.05) is 0 Å². The molecule has 3 radical (unpaired) electrons. The van der Waals surface area contributed by atoms with Crippen molar-refractivity contribution in [3.8, 4) is 0 Å². The molecule has 0 unspecified atom stereocenters. The Morgan fingerprint density at radius 2 is 2.25 bits per heavy atom. The summed E-state index contributed by atoms with van der Waals surface area (Å²) in [4.78, 5) is 9.88. The molecule has 45 valence electrons. The highest BCUT2D eigenvalue weighted by Gasteiger charge is 2.13. The normalized spacial score (nSPS) is 11.4. The summed E-state index contributed by atoms with van der Waals surface area (Å²) in [5, 5.41) is 0. The second-order valence-corrected chi connectivity index (χ2v) is 2.44. The molecule has 0 spiro atoms. The molecule has 0 amide bonds. The minimum Gasteiger partial charge on any atom is -0.413 e. The maximum atomic E-state index is 9.88. The Bertz CT molecular complexity index is 80.5. The molecule has 8 heavy (non-hydrogen) atoms. The first kappa shape index (κ1) is 7.85. The maximum absolute atomic E-state index is 9.88. The van der Waals surface area contributed by atoms with Gasteiger partial charge in [0.15, 0.2) is 0 Å². The van der Waals surface area contributed by atoms with E-state index in [1.165, 1.54) is 0 Å². The molecule has 0 aromatic carbocycles. The molecule has 0 aromatic heterocycles. The lowest BCUT2D eigenvalue weighted by molar-refractivity contribution is -0.110. The van der Waals surface area contributed by atoms with Gasteiger partial charge < -0.3 is 9.22 Å². The van der Waals surface area contributed by atoms with E-state index in [0.29, 0.717) is 6.42 Å². The molecule has 0 aromatic rings. The van der Waals surface area contributed by atoms with Crippen molar-refractivity contribution in [2.45, 2.75) is 25.9 Å². The predicted octanol–water partition coefficient (Wildman–Crippen LogP) is 0.454. The second kappa shape index (κ2) is 2.99. The summed E-state index contributed by atoms with van der Waals surface area (Å²) in [5.41, 5.74) is -0.362. The molecular weight excluding hydrogens is 120 g/mol. The zero-order valence-corrected chi connectivity index (χ0v) is 6.10. The Morgan fingerprint density at radius 3 is 2.38 bits per heavy atom. The molecule has 0 aliphatic rings. The lowest BCUT2D eigenvalue weighted by Crippen LogP contribution is -2.23. The number of rotatable bonds is 3. The third-order valence-electron chi connectivity index (χ3n) is 0.851. The lowest BCUT2D eigenvalue weighted by Gasteiger charge is -2.19. The zero-order valence-electron chi connectivity index (χ0n) is 5.10. The minimum atomic E-state index is -0.362. The van der Waals surface area contributed by atoms with Crippen molar-refractivity contribution >= 4 is 16.8 Å². The van der Waals surface area contributed by atoms with Crippen LogP contribution in [0.2, 0.25) is 0 Å². The van der Waals surface area contributed by atoms with Crippen molar-refractivity contribution in [3.05, 3.63) is 0 Å². The van der Waals surface area contributed by atoms with Gasteiger partial charge in [0.05, 0.1) is 5.60 Å². The highest BCUT2D eigenvalue weighted by molar-refractivity contribution is 5.98. The number of hydrogen-bond acceptors (Lipinski definition) is 2. The Hall–Kier alpha value is -0.153. The highest BCUT2D eigenvalue weighted by atomic mass is 28.2. The van der Waals surface area contributed by atoms with E-state index in [0.717, 1.165) is 6.29 Å². The van der Waals surface area contributed by atoms with E-state index >= 15 is 0 Å².